The molecule has 0 aliphatic rings. The molecule has 0 saturated heterocycles. The minimum Gasteiger partial charge on any atom is -0.356 e. The number of nitrogens with one attached hydrogen (secondary N) is 2. The van der Waals surface area contributed by atoms with Crippen LogP contribution < -0.4 is 16.4 Å². The normalized spacial score (nSPS) is 13.3. The van der Waals surface area contributed by atoms with E-state index in [0.717, 1.165) is 0 Å². The molecule has 2 amide bonds. The molecule has 0 heterocycles. The second-order valence-corrected chi connectivity index (χ2v) is 6.01. The molecule has 4 N–H and O–H groups in total. The maximum Gasteiger partial charge on any atom is 0.222 e. The van der Waals surface area contributed by atoms with Gasteiger partial charge in [-0.25, -0.2) is 0 Å². The Hall–Kier alpha value is -1.10. The van der Waals surface area contributed by atoms with Crippen molar-refractivity contribution in [2.24, 2.45) is 11.7 Å². The van der Waals surface area contributed by atoms with Gasteiger partial charge < -0.3 is 16.4 Å². The van der Waals surface area contributed by atoms with Crippen molar-refractivity contribution < 1.29 is 9.59 Å². The van der Waals surface area contributed by atoms with Gasteiger partial charge in [0, 0.05) is 31.0 Å². The fraction of sp³-hybridized carbons (Fsp3) is 0.846. The van der Waals surface area contributed by atoms with E-state index in [2.05, 4.69) is 10.6 Å². The van der Waals surface area contributed by atoms with Crippen molar-refractivity contribution in [3.63, 3.8) is 0 Å². The van der Waals surface area contributed by atoms with E-state index >= 15 is 0 Å². The number of carbonyl (C=O) groups excluding carboxylic acids is 2. The van der Waals surface area contributed by atoms with E-state index in [4.69, 9.17) is 5.73 Å². The number of amides is 2. The van der Waals surface area contributed by atoms with Crippen LogP contribution in [0.2, 0.25) is 0 Å². The maximum absolute atomic E-state index is 11.5. The molecule has 0 rings (SSSR count). The van der Waals surface area contributed by atoms with Crippen LogP contribution in [0, 0.1) is 5.92 Å². The third-order valence-corrected chi connectivity index (χ3v) is 2.47. The van der Waals surface area contributed by atoms with E-state index in [-0.39, 0.29) is 29.3 Å². The molecule has 5 heteroatoms. The van der Waals surface area contributed by atoms with Crippen molar-refractivity contribution >= 4 is 11.8 Å². The van der Waals surface area contributed by atoms with Crippen molar-refractivity contribution in [1.82, 2.24) is 10.6 Å². The van der Waals surface area contributed by atoms with Gasteiger partial charge in [-0.3, -0.25) is 9.59 Å². The molecule has 18 heavy (non-hydrogen) atoms. The van der Waals surface area contributed by atoms with E-state index in [9.17, 15) is 9.59 Å². The second-order valence-electron chi connectivity index (χ2n) is 6.01. The van der Waals surface area contributed by atoms with Crippen molar-refractivity contribution in [1.29, 1.82) is 0 Å². The van der Waals surface area contributed by atoms with Crippen molar-refractivity contribution in [2.75, 3.05) is 6.54 Å². The molecule has 0 aromatic carbocycles. The molecule has 0 aliphatic carbocycles. The van der Waals surface area contributed by atoms with Gasteiger partial charge in [-0.15, -0.1) is 0 Å². The number of rotatable bonds is 6. The highest BCUT2D eigenvalue weighted by molar-refractivity contribution is 5.79. The number of carbonyl (C=O) groups is 2. The van der Waals surface area contributed by atoms with Crippen LogP contribution in [0.1, 0.15) is 47.5 Å². The lowest BCUT2D eigenvalue weighted by Crippen LogP contribution is -2.42. The quantitative estimate of drug-likeness (QED) is 0.657. The van der Waals surface area contributed by atoms with Crippen LogP contribution in [0.5, 0.6) is 0 Å². The van der Waals surface area contributed by atoms with E-state index in [1.54, 1.807) is 0 Å². The fourth-order valence-corrected chi connectivity index (χ4v) is 1.32. The van der Waals surface area contributed by atoms with Gasteiger partial charge >= 0.3 is 0 Å². The van der Waals surface area contributed by atoms with Crippen LogP contribution in [0.3, 0.4) is 0 Å². The maximum atomic E-state index is 11.5. The Balaban J connectivity index is 3.78. The molecule has 0 bridgehead atoms. The van der Waals surface area contributed by atoms with Gasteiger partial charge in [0.1, 0.15) is 0 Å². The predicted octanol–water partition coefficient (Wildman–Crippen LogP) is 0.781. The minimum atomic E-state index is -0.235. The summed E-state index contributed by atoms with van der Waals surface area (Å²) >= 11 is 0. The van der Waals surface area contributed by atoms with E-state index in [1.807, 2.05) is 34.6 Å². The largest absolute Gasteiger partial charge is 0.356 e. The SMILES string of the molecule is CC(C)C(N)CC(=O)NCCC(=O)NC(C)(C)C. The van der Waals surface area contributed by atoms with Crippen molar-refractivity contribution in [3.8, 4) is 0 Å². The Morgan fingerprint density at radius 2 is 1.72 bits per heavy atom. The average Bonchev–Trinajstić information content (AvgIpc) is 2.14. The van der Waals surface area contributed by atoms with Crippen LogP contribution in [0.15, 0.2) is 0 Å². The summed E-state index contributed by atoms with van der Waals surface area (Å²) in [6.45, 7) is 10.1. The molecule has 1 atom stereocenters. The molecule has 106 valence electrons. The summed E-state index contributed by atoms with van der Waals surface area (Å²) in [6.07, 6.45) is 0.596. The molecule has 0 aromatic heterocycles. The Morgan fingerprint density at radius 3 is 2.17 bits per heavy atom. The zero-order valence-electron chi connectivity index (χ0n) is 12.2. The van der Waals surface area contributed by atoms with Gasteiger partial charge in [-0.2, -0.15) is 0 Å². The first-order chi connectivity index (χ1) is 8.11. The summed E-state index contributed by atoms with van der Waals surface area (Å²) in [6, 6.07) is -0.131. The third-order valence-electron chi connectivity index (χ3n) is 2.47. The van der Waals surface area contributed by atoms with Crippen LogP contribution >= 0.6 is 0 Å². The Morgan fingerprint density at radius 1 is 1.17 bits per heavy atom. The van der Waals surface area contributed by atoms with Gasteiger partial charge in [-0.05, 0) is 26.7 Å². The van der Waals surface area contributed by atoms with Crippen molar-refractivity contribution in [3.05, 3.63) is 0 Å². The molecule has 0 radical (unpaired) electrons. The van der Waals surface area contributed by atoms with E-state index in [0.29, 0.717) is 19.4 Å². The first-order valence-electron chi connectivity index (χ1n) is 6.45. The van der Waals surface area contributed by atoms with Gasteiger partial charge in [0.15, 0.2) is 0 Å². The highest BCUT2D eigenvalue weighted by atomic mass is 16.2. The highest BCUT2D eigenvalue weighted by Crippen LogP contribution is 2.02. The zero-order chi connectivity index (χ0) is 14.3. The summed E-state index contributed by atoms with van der Waals surface area (Å²) in [4.78, 5) is 23.0. The summed E-state index contributed by atoms with van der Waals surface area (Å²) in [5.41, 5.74) is 5.56. The van der Waals surface area contributed by atoms with Gasteiger partial charge in [0.05, 0.1) is 0 Å². The monoisotopic (exact) mass is 257 g/mol. The Bertz CT molecular complexity index is 282. The molecular formula is C13H27N3O2. The Labute approximate surface area is 110 Å². The molecule has 1 unspecified atom stereocenters. The molecule has 0 saturated carbocycles. The highest BCUT2D eigenvalue weighted by Gasteiger charge is 2.15. The summed E-state index contributed by atoms with van der Waals surface area (Å²) in [5, 5.41) is 5.54. The number of nitrogens with two attached hydrogens (primary N) is 1. The van der Waals surface area contributed by atoms with Crippen LogP contribution in [-0.2, 0) is 9.59 Å². The summed E-state index contributed by atoms with van der Waals surface area (Å²) in [5.74, 6) is 0.121. The lowest BCUT2D eigenvalue weighted by atomic mass is 10.0. The first-order valence-corrected chi connectivity index (χ1v) is 6.45. The van der Waals surface area contributed by atoms with Gasteiger partial charge in [0.25, 0.3) is 0 Å². The van der Waals surface area contributed by atoms with Gasteiger partial charge in [-0.1, -0.05) is 13.8 Å². The third kappa shape index (κ3) is 8.98. The summed E-state index contributed by atoms with van der Waals surface area (Å²) in [7, 11) is 0. The molecule has 0 aromatic rings. The van der Waals surface area contributed by atoms with Gasteiger partial charge in [0.2, 0.25) is 11.8 Å². The van der Waals surface area contributed by atoms with Crippen LogP contribution in [0.25, 0.3) is 0 Å². The lowest BCUT2D eigenvalue weighted by molar-refractivity contribution is -0.123. The predicted molar refractivity (Wildman–Crippen MR) is 73.0 cm³/mol. The van der Waals surface area contributed by atoms with E-state index in [1.165, 1.54) is 0 Å². The smallest absolute Gasteiger partial charge is 0.222 e. The zero-order valence-corrected chi connectivity index (χ0v) is 12.2. The lowest BCUT2D eigenvalue weighted by Gasteiger charge is -2.20. The molecule has 0 fully saturated rings. The molecule has 0 aliphatic heterocycles. The number of hydrogen-bond donors (Lipinski definition) is 3. The summed E-state index contributed by atoms with van der Waals surface area (Å²) < 4.78 is 0. The van der Waals surface area contributed by atoms with Crippen LogP contribution in [-0.4, -0.2) is 29.9 Å². The molecule has 0 spiro atoms. The number of hydrogen-bond acceptors (Lipinski definition) is 3. The fourth-order valence-electron chi connectivity index (χ4n) is 1.32. The topological polar surface area (TPSA) is 84.2 Å². The molecule has 5 nitrogen and oxygen atoms in total. The van der Waals surface area contributed by atoms with Crippen LogP contribution in [0.4, 0.5) is 0 Å². The molecular weight excluding hydrogens is 230 g/mol. The minimum absolute atomic E-state index is 0.0593. The standard InChI is InChI=1S/C13H27N3O2/c1-9(2)10(14)8-12(18)15-7-6-11(17)16-13(3,4)5/h9-10H,6-8,14H2,1-5H3,(H,15,18)(H,16,17). The average molecular weight is 257 g/mol. The first kappa shape index (κ1) is 16.9. The Kier molecular flexibility index (Phi) is 6.91. The van der Waals surface area contributed by atoms with Crippen molar-refractivity contribution in [2.45, 2.75) is 59.0 Å². The second kappa shape index (κ2) is 7.36. The van der Waals surface area contributed by atoms with E-state index < -0.39 is 0 Å².